The highest BCUT2D eigenvalue weighted by atomic mass is 32.1. The van der Waals surface area contributed by atoms with Crippen LogP contribution in [0.1, 0.15) is 43.6 Å². The summed E-state index contributed by atoms with van der Waals surface area (Å²) in [4.78, 5) is 27.7. The van der Waals surface area contributed by atoms with E-state index >= 15 is 0 Å². The Morgan fingerprint density at radius 2 is 2.08 bits per heavy atom. The lowest BCUT2D eigenvalue weighted by Gasteiger charge is -2.04. The van der Waals surface area contributed by atoms with Gasteiger partial charge in [-0.15, -0.1) is 11.3 Å². The predicted molar refractivity (Wildman–Crippen MR) is 92.0 cm³/mol. The van der Waals surface area contributed by atoms with Gasteiger partial charge < -0.3 is 14.8 Å². The first kappa shape index (κ1) is 18.2. The molecule has 130 valence electrons. The van der Waals surface area contributed by atoms with Crippen molar-refractivity contribution in [1.82, 2.24) is 10.3 Å². The normalized spacial score (nSPS) is 10.7. The van der Waals surface area contributed by atoms with Gasteiger partial charge in [0.1, 0.15) is 5.76 Å². The van der Waals surface area contributed by atoms with Crippen LogP contribution in [0.25, 0.3) is 10.8 Å². The highest BCUT2D eigenvalue weighted by molar-refractivity contribution is 7.13. The molecule has 0 saturated heterocycles. The molecule has 0 aliphatic carbocycles. The van der Waals surface area contributed by atoms with E-state index in [1.54, 1.807) is 11.3 Å². The van der Waals surface area contributed by atoms with Crippen molar-refractivity contribution in [3.8, 4) is 10.8 Å². The van der Waals surface area contributed by atoms with E-state index in [9.17, 15) is 9.59 Å². The fourth-order valence-electron chi connectivity index (χ4n) is 2.29. The van der Waals surface area contributed by atoms with Crippen LogP contribution >= 0.6 is 11.3 Å². The maximum Gasteiger partial charge on any atom is 0.303 e. The van der Waals surface area contributed by atoms with Crippen LogP contribution < -0.4 is 5.32 Å². The summed E-state index contributed by atoms with van der Waals surface area (Å²) in [5.74, 6) is 0.397. The lowest BCUT2D eigenvalue weighted by molar-refractivity contribution is -0.137. The van der Waals surface area contributed by atoms with E-state index < -0.39 is 5.97 Å². The second-order valence-electron chi connectivity index (χ2n) is 5.58. The Hall–Kier alpha value is -2.15. The maximum atomic E-state index is 12.0. The van der Waals surface area contributed by atoms with Crippen molar-refractivity contribution in [1.29, 1.82) is 0 Å². The summed E-state index contributed by atoms with van der Waals surface area (Å²) in [6.45, 7) is 2.41. The van der Waals surface area contributed by atoms with Gasteiger partial charge in [-0.2, -0.15) is 0 Å². The van der Waals surface area contributed by atoms with Gasteiger partial charge in [0.05, 0.1) is 17.0 Å². The molecule has 2 aromatic heterocycles. The number of carbonyl (C=O) groups excluding carboxylic acids is 1. The maximum absolute atomic E-state index is 12.0. The predicted octanol–water partition coefficient (Wildman–Crippen LogP) is 3.41. The van der Waals surface area contributed by atoms with Crippen molar-refractivity contribution < 1.29 is 19.1 Å². The van der Waals surface area contributed by atoms with Crippen LogP contribution in [0.4, 0.5) is 0 Å². The molecule has 24 heavy (non-hydrogen) atoms. The van der Waals surface area contributed by atoms with Crippen molar-refractivity contribution in [2.45, 2.75) is 45.4 Å². The number of carbonyl (C=O) groups is 2. The molecule has 1 amide bonds. The molecule has 6 nitrogen and oxygen atoms in total. The second kappa shape index (κ2) is 9.22. The van der Waals surface area contributed by atoms with Crippen LogP contribution in [0.3, 0.4) is 0 Å². The van der Waals surface area contributed by atoms with E-state index in [4.69, 9.17) is 9.52 Å². The number of unbranched alkanes of at least 4 members (excludes halogenated alkanes) is 3. The lowest BCUT2D eigenvalue weighted by atomic mass is 10.1. The van der Waals surface area contributed by atoms with Gasteiger partial charge in [0.25, 0.3) is 0 Å². The van der Waals surface area contributed by atoms with Crippen LogP contribution in [0.2, 0.25) is 0 Å². The molecular weight excluding hydrogens is 328 g/mol. The summed E-state index contributed by atoms with van der Waals surface area (Å²) in [6, 6.07) is 3.87. The highest BCUT2D eigenvalue weighted by Crippen LogP contribution is 2.25. The van der Waals surface area contributed by atoms with Crippen LogP contribution in [0.15, 0.2) is 21.9 Å². The summed E-state index contributed by atoms with van der Waals surface area (Å²) in [5, 5.41) is 13.4. The molecule has 0 aliphatic heterocycles. The van der Waals surface area contributed by atoms with Crippen LogP contribution in [-0.2, 0) is 16.0 Å². The molecule has 0 fully saturated rings. The number of carboxylic acid groups (broad SMARTS) is 1. The van der Waals surface area contributed by atoms with Crippen molar-refractivity contribution in [2.75, 3.05) is 6.54 Å². The first-order valence-electron chi connectivity index (χ1n) is 8.05. The largest absolute Gasteiger partial charge is 0.481 e. The minimum absolute atomic E-state index is 0.0744. The number of thiophene rings is 1. The summed E-state index contributed by atoms with van der Waals surface area (Å²) in [5.41, 5.74) is 0.664. The van der Waals surface area contributed by atoms with Crippen molar-refractivity contribution in [3.05, 3.63) is 29.0 Å². The van der Waals surface area contributed by atoms with Gasteiger partial charge in [0.15, 0.2) is 0 Å². The molecule has 2 heterocycles. The van der Waals surface area contributed by atoms with E-state index in [-0.39, 0.29) is 18.7 Å². The Kier molecular flexibility index (Phi) is 6.99. The molecule has 0 saturated carbocycles. The quantitative estimate of drug-likeness (QED) is 0.641. The second-order valence-corrected chi connectivity index (χ2v) is 6.53. The van der Waals surface area contributed by atoms with E-state index in [0.29, 0.717) is 30.3 Å². The first-order valence-corrected chi connectivity index (χ1v) is 8.93. The summed E-state index contributed by atoms with van der Waals surface area (Å²) >= 11 is 1.55. The fraction of sp³-hybridized carbons (Fsp3) is 0.471. The number of rotatable bonds is 10. The van der Waals surface area contributed by atoms with Crippen LogP contribution in [0, 0.1) is 6.92 Å². The average molecular weight is 350 g/mol. The minimum atomic E-state index is -0.756. The van der Waals surface area contributed by atoms with Crippen molar-refractivity contribution in [3.63, 3.8) is 0 Å². The van der Waals surface area contributed by atoms with Crippen LogP contribution in [-0.4, -0.2) is 28.5 Å². The zero-order valence-corrected chi connectivity index (χ0v) is 14.5. The van der Waals surface area contributed by atoms with Gasteiger partial charge in [-0.1, -0.05) is 18.9 Å². The standard InChI is InChI=1S/C17H22N2O4S/c1-12-13(19-17(23-12)14-7-6-10-24-14)11-15(20)18-9-5-3-2-4-8-16(21)22/h6-7,10H,2-5,8-9,11H2,1H3,(H,18,20)(H,21,22). The van der Waals surface area contributed by atoms with E-state index in [0.717, 1.165) is 24.1 Å². The number of aryl methyl sites for hydroxylation is 1. The summed E-state index contributed by atoms with van der Waals surface area (Å²) < 4.78 is 5.62. The third kappa shape index (κ3) is 5.81. The van der Waals surface area contributed by atoms with Crippen molar-refractivity contribution in [2.24, 2.45) is 0 Å². The minimum Gasteiger partial charge on any atom is -0.481 e. The van der Waals surface area contributed by atoms with Crippen molar-refractivity contribution >= 4 is 23.2 Å². The van der Waals surface area contributed by atoms with Gasteiger partial charge in [-0.25, -0.2) is 4.98 Å². The number of amides is 1. The topological polar surface area (TPSA) is 92.4 Å². The van der Waals surface area contributed by atoms with E-state index in [1.807, 2.05) is 24.4 Å². The smallest absolute Gasteiger partial charge is 0.303 e. The average Bonchev–Trinajstić information content (AvgIpc) is 3.16. The number of aliphatic carboxylic acids is 1. The Morgan fingerprint density at radius 1 is 1.29 bits per heavy atom. The molecule has 2 rings (SSSR count). The monoisotopic (exact) mass is 350 g/mol. The molecule has 0 atom stereocenters. The number of nitrogens with one attached hydrogen (secondary N) is 1. The molecule has 2 aromatic rings. The Balaban J connectivity index is 1.68. The zero-order chi connectivity index (χ0) is 17.4. The molecule has 0 spiro atoms. The van der Waals surface area contributed by atoms with Gasteiger partial charge in [0.2, 0.25) is 11.8 Å². The number of oxazole rings is 1. The van der Waals surface area contributed by atoms with E-state index in [2.05, 4.69) is 10.3 Å². The Labute approximate surface area is 144 Å². The third-order valence-electron chi connectivity index (χ3n) is 3.59. The number of hydrogen-bond donors (Lipinski definition) is 2. The number of nitrogens with zero attached hydrogens (tertiary/aromatic N) is 1. The molecule has 0 bridgehead atoms. The third-order valence-corrected chi connectivity index (χ3v) is 4.45. The number of aromatic nitrogens is 1. The van der Waals surface area contributed by atoms with Crippen LogP contribution in [0.5, 0.6) is 0 Å². The molecule has 0 radical (unpaired) electrons. The number of carboxylic acids is 1. The zero-order valence-electron chi connectivity index (χ0n) is 13.7. The molecule has 0 aliphatic rings. The molecular formula is C17H22N2O4S. The Bertz CT molecular complexity index is 664. The van der Waals surface area contributed by atoms with E-state index in [1.165, 1.54) is 0 Å². The summed E-state index contributed by atoms with van der Waals surface area (Å²) in [7, 11) is 0. The SMILES string of the molecule is Cc1oc(-c2cccs2)nc1CC(=O)NCCCCCCC(=O)O. The molecule has 7 heteroatoms. The van der Waals surface area contributed by atoms with Gasteiger partial charge in [0, 0.05) is 13.0 Å². The van der Waals surface area contributed by atoms with Gasteiger partial charge >= 0.3 is 5.97 Å². The summed E-state index contributed by atoms with van der Waals surface area (Å²) in [6.07, 6.45) is 3.74. The van der Waals surface area contributed by atoms with Gasteiger partial charge in [-0.3, -0.25) is 9.59 Å². The molecule has 0 aromatic carbocycles. The highest BCUT2D eigenvalue weighted by Gasteiger charge is 2.14. The fourth-order valence-corrected chi connectivity index (χ4v) is 2.94. The molecule has 2 N–H and O–H groups in total. The molecule has 0 unspecified atom stereocenters. The first-order chi connectivity index (χ1) is 11.6. The lowest BCUT2D eigenvalue weighted by Crippen LogP contribution is -2.26. The Morgan fingerprint density at radius 3 is 2.79 bits per heavy atom. The number of hydrogen-bond acceptors (Lipinski definition) is 5. The van der Waals surface area contributed by atoms with Gasteiger partial charge in [-0.05, 0) is 31.2 Å².